The van der Waals surface area contributed by atoms with Gasteiger partial charge in [-0.15, -0.1) is 0 Å². The van der Waals surface area contributed by atoms with Gasteiger partial charge in [0.1, 0.15) is 0 Å². The third-order valence-electron chi connectivity index (χ3n) is 0.868. The van der Waals surface area contributed by atoms with Gasteiger partial charge in [-0.25, -0.2) is 9.59 Å². The molecule has 3 N–H and O–H groups in total. The van der Waals surface area contributed by atoms with E-state index in [-0.39, 0.29) is 19.5 Å². The van der Waals surface area contributed by atoms with E-state index in [0.717, 1.165) is 13.1 Å². The van der Waals surface area contributed by atoms with Crippen LogP contribution in [0.4, 0.5) is 0 Å². The van der Waals surface area contributed by atoms with Gasteiger partial charge in [0, 0.05) is 31.6 Å². The minimum atomic E-state index is -1.26. The second-order valence-corrected chi connectivity index (χ2v) is 1.97. The summed E-state index contributed by atoms with van der Waals surface area (Å²) in [6.07, 6.45) is 1.12. The summed E-state index contributed by atoms with van der Waals surface area (Å²) >= 11 is 0. The standard InChI is InChI=1S/C4H11N.C4H4O4.Zn/c1-3-5-4-2;5-3(6)1-2-4(7)8;/h5H,3-4H2,1-2H3;1-2H,(H,5,6)(H,7,8);/b;2-1+;. The molecule has 0 saturated carbocycles. The molecule has 0 aliphatic heterocycles. The Bertz CT molecular complexity index is 164. The van der Waals surface area contributed by atoms with E-state index in [1.165, 1.54) is 0 Å². The van der Waals surface area contributed by atoms with Crippen LogP contribution in [0.25, 0.3) is 0 Å². The normalized spacial score (nSPS) is 8.43. The SMILES string of the molecule is CCNCC.O=C(O)/C=C/C(=O)O.[Zn]. The maximum Gasteiger partial charge on any atom is 0.328 e. The van der Waals surface area contributed by atoms with Crippen LogP contribution in [0.15, 0.2) is 12.2 Å². The predicted octanol–water partition coefficient (Wildman–Crippen LogP) is 0.325. The van der Waals surface area contributed by atoms with E-state index in [1.807, 2.05) is 0 Å². The zero-order chi connectivity index (χ0) is 10.7. The van der Waals surface area contributed by atoms with Crippen molar-refractivity contribution in [1.29, 1.82) is 0 Å². The van der Waals surface area contributed by atoms with E-state index in [1.54, 1.807) is 0 Å². The summed E-state index contributed by atoms with van der Waals surface area (Å²) in [6, 6.07) is 0. The molecule has 6 heteroatoms. The zero-order valence-electron chi connectivity index (χ0n) is 8.49. The number of hydrogen-bond donors (Lipinski definition) is 3. The van der Waals surface area contributed by atoms with Gasteiger partial charge in [0.15, 0.2) is 0 Å². The van der Waals surface area contributed by atoms with Gasteiger partial charge in [0.25, 0.3) is 0 Å². The summed E-state index contributed by atoms with van der Waals surface area (Å²) in [5.41, 5.74) is 0. The molecule has 78 valence electrons. The molecule has 0 fully saturated rings. The van der Waals surface area contributed by atoms with Gasteiger partial charge >= 0.3 is 11.9 Å². The molecular formula is C8H15NO4Zn. The van der Waals surface area contributed by atoms with Crippen LogP contribution in [0.2, 0.25) is 0 Å². The minimum absolute atomic E-state index is 0. The van der Waals surface area contributed by atoms with Crippen LogP contribution in [0.3, 0.4) is 0 Å². The molecule has 0 heterocycles. The second-order valence-electron chi connectivity index (χ2n) is 1.97. The largest absolute Gasteiger partial charge is 0.478 e. The van der Waals surface area contributed by atoms with Gasteiger partial charge in [-0.3, -0.25) is 0 Å². The summed E-state index contributed by atoms with van der Waals surface area (Å²) in [6.45, 7) is 6.39. The molecule has 0 rings (SSSR count). The number of carboxylic acid groups (broad SMARTS) is 2. The molecule has 0 saturated heterocycles. The number of carbonyl (C=O) groups is 2. The molecule has 0 aliphatic carbocycles. The van der Waals surface area contributed by atoms with Gasteiger partial charge in [-0.2, -0.15) is 0 Å². The third kappa shape index (κ3) is 30.2. The quantitative estimate of drug-likeness (QED) is 0.497. The molecule has 0 atom stereocenters. The molecule has 0 aromatic carbocycles. The summed E-state index contributed by atoms with van der Waals surface area (Å²) in [7, 11) is 0. The monoisotopic (exact) mass is 253 g/mol. The van der Waals surface area contributed by atoms with Gasteiger partial charge in [0.2, 0.25) is 0 Å². The van der Waals surface area contributed by atoms with Crippen molar-refractivity contribution in [2.24, 2.45) is 0 Å². The summed E-state index contributed by atoms with van der Waals surface area (Å²) in [5.74, 6) is -2.51. The molecule has 0 aromatic rings. The van der Waals surface area contributed by atoms with E-state index in [9.17, 15) is 9.59 Å². The van der Waals surface area contributed by atoms with Gasteiger partial charge in [-0.1, -0.05) is 13.8 Å². The first-order valence-electron chi connectivity index (χ1n) is 3.89. The van der Waals surface area contributed by atoms with Gasteiger partial charge in [-0.05, 0) is 13.1 Å². The van der Waals surface area contributed by atoms with Gasteiger partial charge in [0.05, 0.1) is 0 Å². The molecule has 0 bridgehead atoms. The number of nitrogens with one attached hydrogen (secondary N) is 1. The molecule has 0 aliphatic rings. The number of hydrogen-bond acceptors (Lipinski definition) is 3. The van der Waals surface area contributed by atoms with Crippen molar-refractivity contribution in [3.05, 3.63) is 12.2 Å². The van der Waals surface area contributed by atoms with Crippen LogP contribution < -0.4 is 5.32 Å². The Kier molecular flexibility index (Phi) is 20.0. The summed E-state index contributed by atoms with van der Waals surface area (Å²) < 4.78 is 0. The maximum atomic E-state index is 9.55. The number of rotatable bonds is 4. The maximum absolute atomic E-state index is 9.55. The molecule has 0 amide bonds. The molecule has 0 spiro atoms. The molecule has 0 unspecified atom stereocenters. The van der Waals surface area contributed by atoms with Crippen molar-refractivity contribution in [2.45, 2.75) is 13.8 Å². The van der Waals surface area contributed by atoms with Crippen molar-refractivity contribution in [1.82, 2.24) is 5.32 Å². The second kappa shape index (κ2) is 14.8. The van der Waals surface area contributed by atoms with Crippen LogP contribution in [0.5, 0.6) is 0 Å². The van der Waals surface area contributed by atoms with Crippen LogP contribution in [0, 0.1) is 0 Å². The molecule has 5 nitrogen and oxygen atoms in total. The van der Waals surface area contributed by atoms with E-state index >= 15 is 0 Å². The molecule has 0 radical (unpaired) electrons. The Morgan fingerprint density at radius 1 is 1.07 bits per heavy atom. The minimum Gasteiger partial charge on any atom is -0.478 e. The Hall–Kier alpha value is -0.737. The molecule has 14 heavy (non-hydrogen) atoms. The first kappa shape index (κ1) is 18.9. The molecular weight excluding hydrogens is 239 g/mol. The van der Waals surface area contributed by atoms with E-state index < -0.39 is 11.9 Å². The van der Waals surface area contributed by atoms with Crippen molar-refractivity contribution in [3.63, 3.8) is 0 Å². The Morgan fingerprint density at radius 3 is 1.43 bits per heavy atom. The number of aliphatic carboxylic acids is 2. The predicted molar refractivity (Wildman–Crippen MR) is 48.6 cm³/mol. The molecule has 0 aromatic heterocycles. The van der Waals surface area contributed by atoms with E-state index in [4.69, 9.17) is 10.2 Å². The van der Waals surface area contributed by atoms with Crippen molar-refractivity contribution in [2.75, 3.05) is 13.1 Å². The fourth-order valence-electron chi connectivity index (χ4n) is 0.393. The first-order chi connectivity index (χ1) is 6.04. The average molecular weight is 255 g/mol. The summed E-state index contributed by atoms with van der Waals surface area (Å²) in [4.78, 5) is 19.1. The fraction of sp³-hybridized carbons (Fsp3) is 0.500. The Morgan fingerprint density at radius 2 is 1.36 bits per heavy atom. The van der Waals surface area contributed by atoms with Crippen molar-refractivity contribution < 1.29 is 39.3 Å². The Balaban J connectivity index is -0.000000177. The van der Waals surface area contributed by atoms with Crippen LogP contribution >= 0.6 is 0 Å². The smallest absolute Gasteiger partial charge is 0.328 e. The van der Waals surface area contributed by atoms with Crippen molar-refractivity contribution >= 4 is 11.9 Å². The first-order valence-corrected chi connectivity index (χ1v) is 3.89. The zero-order valence-corrected chi connectivity index (χ0v) is 11.5. The topological polar surface area (TPSA) is 86.6 Å². The van der Waals surface area contributed by atoms with Crippen LogP contribution in [-0.2, 0) is 29.1 Å². The Labute approximate surface area is 96.0 Å². The van der Waals surface area contributed by atoms with Crippen LogP contribution in [-0.4, -0.2) is 35.2 Å². The van der Waals surface area contributed by atoms with Crippen molar-refractivity contribution in [3.8, 4) is 0 Å². The van der Waals surface area contributed by atoms with E-state index in [2.05, 4.69) is 19.2 Å². The third-order valence-corrected chi connectivity index (χ3v) is 0.868. The van der Waals surface area contributed by atoms with E-state index in [0.29, 0.717) is 12.2 Å². The fourth-order valence-corrected chi connectivity index (χ4v) is 0.393. The van der Waals surface area contributed by atoms with Crippen LogP contribution in [0.1, 0.15) is 13.8 Å². The number of carboxylic acids is 2. The van der Waals surface area contributed by atoms with Gasteiger partial charge < -0.3 is 15.5 Å². The average Bonchev–Trinajstić information content (AvgIpc) is 2.03. The summed E-state index contributed by atoms with van der Waals surface area (Å²) in [5, 5.41) is 18.7.